The summed E-state index contributed by atoms with van der Waals surface area (Å²) in [5.41, 5.74) is 2.22. The average Bonchev–Trinajstić information content (AvgIpc) is 2.39. The van der Waals surface area contributed by atoms with Crippen molar-refractivity contribution >= 4 is 0 Å². The second-order valence-electron chi connectivity index (χ2n) is 4.95. The fraction of sp³-hybridized carbons (Fsp3) is 0.769. The molecule has 84 valence electrons. The Balaban J connectivity index is 3.03. The molecule has 0 aromatic rings. The number of allylic oxidation sites excluding steroid dienone is 2. The maximum absolute atomic E-state index is 9.46. The summed E-state index contributed by atoms with van der Waals surface area (Å²) in [6, 6.07) is 2.53. The minimum Gasteiger partial charge on any atom is -0.381 e. The highest BCUT2D eigenvalue weighted by atomic mass is 16.5. The van der Waals surface area contributed by atoms with Crippen molar-refractivity contribution < 1.29 is 4.74 Å². The quantitative estimate of drug-likeness (QED) is 0.618. The summed E-state index contributed by atoms with van der Waals surface area (Å²) < 4.78 is 5.52. The summed E-state index contributed by atoms with van der Waals surface area (Å²) in [5, 5.41) is 9.46. The fourth-order valence-electron chi connectivity index (χ4n) is 2.29. The first-order valence-corrected chi connectivity index (χ1v) is 5.65. The summed E-state index contributed by atoms with van der Waals surface area (Å²) in [6.45, 7) is 9.93. The Morgan fingerprint density at radius 2 is 2.07 bits per heavy atom. The third-order valence-electron chi connectivity index (χ3n) is 3.45. The van der Waals surface area contributed by atoms with E-state index < -0.39 is 0 Å². The second kappa shape index (κ2) is 4.81. The van der Waals surface area contributed by atoms with Crippen LogP contribution in [0.4, 0.5) is 0 Å². The average molecular weight is 207 g/mol. The Morgan fingerprint density at radius 3 is 2.60 bits per heavy atom. The molecule has 1 saturated heterocycles. The molecule has 2 atom stereocenters. The molecule has 1 rings (SSSR count). The van der Waals surface area contributed by atoms with Crippen LogP contribution in [0.1, 0.15) is 40.5 Å². The van der Waals surface area contributed by atoms with Gasteiger partial charge in [-0.05, 0) is 39.5 Å². The Kier molecular flexibility index (Phi) is 3.93. The van der Waals surface area contributed by atoms with Gasteiger partial charge in [0, 0.05) is 13.2 Å². The van der Waals surface area contributed by atoms with Crippen LogP contribution >= 0.6 is 0 Å². The van der Waals surface area contributed by atoms with Gasteiger partial charge >= 0.3 is 0 Å². The Labute approximate surface area is 92.9 Å². The molecular formula is C13H21NO. The van der Waals surface area contributed by atoms with Crippen LogP contribution in [0.15, 0.2) is 11.1 Å². The van der Waals surface area contributed by atoms with Gasteiger partial charge in [0.05, 0.1) is 11.5 Å². The highest BCUT2D eigenvalue weighted by Gasteiger charge is 2.36. The maximum Gasteiger partial charge on any atom is 0.0807 e. The van der Waals surface area contributed by atoms with E-state index in [-0.39, 0.29) is 5.41 Å². The molecule has 1 fully saturated rings. The molecule has 2 nitrogen and oxygen atoms in total. The van der Waals surface area contributed by atoms with Crippen molar-refractivity contribution in [3.8, 4) is 6.07 Å². The smallest absolute Gasteiger partial charge is 0.0807 e. The Hall–Kier alpha value is -0.810. The van der Waals surface area contributed by atoms with Crippen LogP contribution in [0, 0.1) is 22.7 Å². The largest absolute Gasteiger partial charge is 0.381 e. The van der Waals surface area contributed by atoms with Crippen LogP contribution in [-0.2, 0) is 4.74 Å². The molecule has 0 amide bonds. The highest BCUT2D eigenvalue weighted by molar-refractivity contribution is 5.26. The lowest BCUT2D eigenvalue weighted by atomic mass is 9.72. The molecule has 0 aliphatic carbocycles. The van der Waals surface area contributed by atoms with Crippen LogP contribution in [0.3, 0.4) is 0 Å². The summed E-state index contributed by atoms with van der Waals surface area (Å²) in [7, 11) is 0. The normalized spacial score (nSPS) is 31.5. The molecule has 0 saturated carbocycles. The van der Waals surface area contributed by atoms with E-state index in [1.165, 1.54) is 11.1 Å². The van der Waals surface area contributed by atoms with Crippen molar-refractivity contribution in [2.24, 2.45) is 11.3 Å². The van der Waals surface area contributed by atoms with Gasteiger partial charge in [0.2, 0.25) is 0 Å². The van der Waals surface area contributed by atoms with Crippen molar-refractivity contribution in [3.63, 3.8) is 0 Å². The van der Waals surface area contributed by atoms with Crippen molar-refractivity contribution in [1.29, 1.82) is 5.26 Å². The zero-order valence-corrected chi connectivity index (χ0v) is 10.3. The lowest BCUT2D eigenvalue weighted by Gasteiger charge is -2.28. The van der Waals surface area contributed by atoms with E-state index >= 15 is 0 Å². The first kappa shape index (κ1) is 12.3. The van der Waals surface area contributed by atoms with Crippen LogP contribution in [0.25, 0.3) is 0 Å². The zero-order chi connectivity index (χ0) is 11.5. The van der Waals surface area contributed by atoms with E-state index in [0.717, 1.165) is 19.4 Å². The third kappa shape index (κ3) is 2.60. The minimum atomic E-state index is -0.283. The molecule has 15 heavy (non-hydrogen) atoms. The molecule has 1 aliphatic heterocycles. The van der Waals surface area contributed by atoms with Gasteiger partial charge in [-0.15, -0.1) is 0 Å². The van der Waals surface area contributed by atoms with Gasteiger partial charge in [-0.3, -0.25) is 0 Å². The van der Waals surface area contributed by atoms with Gasteiger partial charge in [-0.1, -0.05) is 18.1 Å². The molecule has 0 spiro atoms. The summed E-state index contributed by atoms with van der Waals surface area (Å²) in [4.78, 5) is 0. The summed E-state index contributed by atoms with van der Waals surface area (Å²) in [5.74, 6) is 0.474. The topological polar surface area (TPSA) is 33.0 Å². The van der Waals surface area contributed by atoms with Crippen molar-refractivity contribution in [2.45, 2.75) is 40.5 Å². The van der Waals surface area contributed by atoms with E-state index in [1.807, 2.05) is 0 Å². The standard InChI is InChI=1S/C13H21NO/c1-10(2)12(4)13(9-14)5-6-15-8-11(3)7-13/h11H,5-8H2,1-4H3. The molecule has 0 radical (unpaired) electrons. The van der Waals surface area contributed by atoms with Gasteiger partial charge in [0.15, 0.2) is 0 Å². The van der Waals surface area contributed by atoms with Gasteiger partial charge in [-0.2, -0.15) is 5.26 Å². The number of nitrogens with zero attached hydrogens (tertiary/aromatic N) is 1. The maximum atomic E-state index is 9.46. The molecule has 0 bridgehead atoms. The summed E-state index contributed by atoms with van der Waals surface area (Å²) >= 11 is 0. The summed E-state index contributed by atoms with van der Waals surface area (Å²) in [6.07, 6.45) is 1.77. The van der Waals surface area contributed by atoms with E-state index in [0.29, 0.717) is 12.5 Å². The van der Waals surface area contributed by atoms with Crippen LogP contribution in [-0.4, -0.2) is 13.2 Å². The van der Waals surface area contributed by atoms with Crippen LogP contribution in [0.5, 0.6) is 0 Å². The molecule has 2 heteroatoms. The predicted molar refractivity (Wildman–Crippen MR) is 61.3 cm³/mol. The lowest BCUT2D eigenvalue weighted by molar-refractivity contribution is 0.120. The van der Waals surface area contributed by atoms with Crippen molar-refractivity contribution in [3.05, 3.63) is 11.1 Å². The van der Waals surface area contributed by atoms with Gasteiger partial charge in [0.1, 0.15) is 0 Å². The number of hydrogen-bond donors (Lipinski definition) is 0. The first-order chi connectivity index (χ1) is 7.02. The molecule has 0 aromatic heterocycles. The van der Waals surface area contributed by atoms with E-state index in [1.54, 1.807) is 0 Å². The SMILES string of the molecule is CC(C)=C(C)C1(C#N)CCOCC(C)C1. The number of nitriles is 1. The molecule has 2 unspecified atom stereocenters. The molecule has 1 aliphatic rings. The Morgan fingerprint density at radius 1 is 1.40 bits per heavy atom. The van der Waals surface area contributed by atoms with Crippen molar-refractivity contribution in [2.75, 3.05) is 13.2 Å². The van der Waals surface area contributed by atoms with E-state index in [4.69, 9.17) is 4.74 Å². The zero-order valence-electron chi connectivity index (χ0n) is 10.3. The van der Waals surface area contributed by atoms with E-state index in [2.05, 4.69) is 33.8 Å². The lowest BCUT2D eigenvalue weighted by Crippen LogP contribution is -2.23. The third-order valence-corrected chi connectivity index (χ3v) is 3.45. The van der Waals surface area contributed by atoms with Gasteiger partial charge in [-0.25, -0.2) is 0 Å². The highest BCUT2D eigenvalue weighted by Crippen LogP contribution is 2.40. The number of hydrogen-bond acceptors (Lipinski definition) is 2. The van der Waals surface area contributed by atoms with Crippen LogP contribution in [0.2, 0.25) is 0 Å². The Bertz CT molecular complexity index is 296. The number of rotatable bonds is 1. The van der Waals surface area contributed by atoms with Gasteiger partial charge < -0.3 is 4.74 Å². The van der Waals surface area contributed by atoms with Crippen molar-refractivity contribution in [1.82, 2.24) is 0 Å². The molecule has 1 heterocycles. The fourth-order valence-corrected chi connectivity index (χ4v) is 2.29. The molecule has 0 aromatic carbocycles. The first-order valence-electron chi connectivity index (χ1n) is 5.65. The monoisotopic (exact) mass is 207 g/mol. The molecule has 0 N–H and O–H groups in total. The number of ether oxygens (including phenoxy) is 1. The predicted octanol–water partition coefficient (Wildman–Crippen LogP) is 3.30. The van der Waals surface area contributed by atoms with E-state index in [9.17, 15) is 5.26 Å². The minimum absolute atomic E-state index is 0.283. The van der Waals surface area contributed by atoms with Gasteiger partial charge in [0.25, 0.3) is 0 Å². The molecular weight excluding hydrogens is 186 g/mol. The second-order valence-corrected chi connectivity index (χ2v) is 4.95. The van der Waals surface area contributed by atoms with Crippen LogP contribution < -0.4 is 0 Å².